The number of ether oxygens (including phenoxy) is 1. The van der Waals surface area contributed by atoms with Gasteiger partial charge in [0, 0.05) is 17.3 Å². The molecule has 1 aromatic rings. The van der Waals surface area contributed by atoms with E-state index in [0.29, 0.717) is 11.3 Å². The van der Waals surface area contributed by atoms with Gasteiger partial charge in [0.05, 0.1) is 0 Å². The Labute approximate surface area is 107 Å². The Morgan fingerprint density at radius 3 is 2.56 bits per heavy atom. The van der Waals surface area contributed by atoms with Gasteiger partial charge < -0.3 is 15.6 Å². The molecule has 1 atom stereocenters. The molecule has 1 unspecified atom stereocenters. The van der Waals surface area contributed by atoms with Gasteiger partial charge in [0.25, 0.3) is 0 Å². The molecule has 0 saturated heterocycles. The van der Waals surface area contributed by atoms with E-state index >= 15 is 0 Å². The predicted octanol–water partition coefficient (Wildman–Crippen LogP) is 2.76. The number of phenols is 1. The first-order valence-electron chi connectivity index (χ1n) is 5.77. The van der Waals surface area contributed by atoms with Crippen molar-refractivity contribution in [3.05, 3.63) is 23.8 Å². The van der Waals surface area contributed by atoms with Gasteiger partial charge in [0.1, 0.15) is 11.4 Å². The topological polar surface area (TPSA) is 84.6 Å². The normalized spacial score (nSPS) is 12.9. The summed E-state index contributed by atoms with van der Waals surface area (Å²) < 4.78 is 5.13. The van der Waals surface area contributed by atoms with E-state index in [4.69, 9.17) is 10.5 Å². The van der Waals surface area contributed by atoms with Crippen molar-refractivity contribution in [1.82, 2.24) is 0 Å². The van der Waals surface area contributed by atoms with E-state index in [2.05, 4.69) is 5.32 Å². The summed E-state index contributed by atoms with van der Waals surface area (Å²) in [7, 11) is 0. The number of hydrogen-bond donors (Lipinski definition) is 3. The lowest BCUT2D eigenvalue weighted by Gasteiger charge is -2.20. The van der Waals surface area contributed by atoms with Gasteiger partial charge in [-0.1, -0.05) is 0 Å². The van der Waals surface area contributed by atoms with Gasteiger partial charge >= 0.3 is 6.09 Å². The Morgan fingerprint density at radius 1 is 1.44 bits per heavy atom. The third kappa shape index (κ3) is 4.25. The molecule has 1 aromatic carbocycles. The van der Waals surface area contributed by atoms with Crippen LogP contribution in [0.4, 0.5) is 10.5 Å². The van der Waals surface area contributed by atoms with Crippen LogP contribution in [0.1, 0.15) is 39.3 Å². The standard InChI is InChI=1S/C13H20N2O3/c1-8(14)10-7-9(5-6-11(10)16)15-12(17)18-13(2,3)4/h5-8,16H,14H2,1-4H3,(H,15,17). The number of anilines is 1. The van der Waals surface area contributed by atoms with Crippen molar-refractivity contribution in [2.45, 2.75) is 39.3 Å². The Bertz CT molecular complexity index is 436. The summed E-state index contributed by atoms with van der Waals surface area (Å²) in [6.45, 7) is 7.12. The number of nitrogens with two attached hydrogens (primary N) is 1. The first kappa shape index (κ1) is 14.3. The fourth-order valence-electron chi connectivity index (χ4n) is 1.42. The number of rotatable bonds is 2. The highest BCUT2D eigenvalue weighted by molar-refractivity contribution is 5.85. The summed E-state index contributed by atoms with van der Waals surface area (Å²) in [4.78, 5) is 11.6. The van der Waals surface area contributed by atoms with Crippen LogP contribution in [0.15, 0.2) is 18.2 Å². The minimum absolute atomic E-state index is 0.111. The van der Waals surface area contributed by atoms with Crippen molar-refractivity contribution < 1.29 is 14.6 Å². The van der Waals surface area contributed by atoms with Crippen LogP contribution in [0.3, 0.4) is 0 Å². The van der Waals surface area contributed by atoms with Crippen LogP contribution in [0.25, 0.3) is 0 Å². The largest absolute Gasteiger partial charge is 0.508 e. The molecule has 1 rings (SSSR count). The number of amides is 1. The van der Waals surface area contributed by atoms with Gasteiger partial charge in [0.2, 0.25) is 0 Å². The second-order valence-electron chi connectivity index (χ2n) is 5.19. The molecule has 0 fully saturated rings. The van der Waals surface area contributed by atoms with Crippen LogP contribution in [0, 0.1) is 0 Å². The average Bonchev–Trinajstić information content (AvgIpc) is 2.17. The zero-order chi connectivity index (χ0) is 13.9. The third-order valence-electron chi connectivity index (χ3n) is 2.16. The zero-order valence-electron chi connectivity index (χ0n) is 11.2. The van der Waals surface area contributed by atoms with Crippen molar-refractivity contribution >= 4 is 11.8 Å². The molecule has 5 nitrogen and oxygen atoms in total. The van der Waals surface area contributed by atoms with Crippen LogP contribution in [-0.4, -0.2) is 16.8 Å². The van der Waals surface area contributed by atoms with Crippen LogP contribution in [-0.2, 0) is 4.74 Å². The minimum Gasteiger partial charge on any atom is -0.508 e. The molecule has 1 amide bonds. The van der Waals surface area contributed by atoms with Crippen molar-refractivity contribution in [3.8, 4) is 5.75 Å². The maximum absolute atomic E-state index is 11.6. The molecule has 18 heavy (non-hydrogen) atoms. The van der Waals surface area contributed by atoms with E-state index in [1.165, 1.54) is 6.07 Å². The molecule has 4 N–H and O–H groups in total. The second kappa shape index (κ2) is 5.27. The molecule has 0 saturated carbocycles. The number of nitrogens with one attached hydrogen (secondary N) is 1. The fourth-order valence-corrected chi connectivity index (χ4v) is 1.42. The lowest BCUT2D eigenvalue weighted by atomic mass is 10.1. The van der Waals surface area contributed by atoms with Gasteiger partial charge in [-0.25, -0.2) is 4.79 Å². The summed E-state index contributed by atoms with van der Waals surface area (Å²) in [5, 5.41) is 12.2. The van der Waals surface area contributed by atoms with E-state index < -0.39 is 11.7 Å². The van der Waals surface area contributed by atoms with Crippen molar-refractivity contribution in [2.24, 2.45) is 5.73 Å². The summed E-state index contributed by atoms with van der Waals surface area (Å²) in [6, 6.07) is 4.39. The smallest absolute Gasteiger partial charge is 0.412 e. The van der Waals surface area contributed by atoms with E-state index in [-0.39, 0.29) is 11.8 Å². The molecule has 0 spiro atoms. The zero-order valence-corrected chi connectivity index (χ0v) is 11.2. The summed E-state index contributed by atoms with van der Waals surface area (Å²) in [5.74, 6) is 0.111. The van der Waals surface area contributed by atoms with Crippen molar-refractivity contribution in [1.29, 1.82) is 0 Å². The van der Waals surface area contributed by atoms with Gasteiger partial charge in [-0.3, -0.25) is 5.32 Å². The summed E-state index contributed by atoms with van der Waals surface area (Å²) in [6.07, 6.45) is -0.538. The molecule has 0 aliphatic heterocycles. The van der Waals surface area contributed by atoms with E-state index in [1.54, 1.807) is 39.8 Å². The second-order valence-corrected chi connectivity index (χ2v) is 5.19. The minimum atomic E-state index is -0.551. The Morgan fingerprint density at radius 2 is 2.06 bits per heavy atom. The van der Waals surface area contributed by atoms with E-state index in [1.807, 2.05) is 0 Å². The molecule has 100 valence electrons. The highest BCUT2D eigenvalue weighted by Gasteiger charge is 2.16. The van der Waals surface area contributed by atoms with Crippen LogP contribution < -0.4 is 11.1 Å². The molecule has 0 aromatic heterocycles. The quantitative estimate of drug-likeness (QED) is 0.706. The molecular weight excluding hydrogens is 232 g/mol. The Kier molecular flexibility index (Phi) is 4.19. The maximum Gasteiger partial charge on any atom is 0.412 e. The number of phenolic OH excluding ortho intramolecular Hbond substituents is 1. The van der Waals surface area contributed by atoms with E-state index in [0.717, 1.165) is 0 Å². The first-order valence-corrected chi connectivity index (χ1v) is 5.77. The molecule has 0 bridgehead atoms. The lowest BCUT2D eigenvalue weighted by Crippen LogP contribution is -2.27. The monoisotopic (exact) mass is 252 g/mol. The molecule has 0 aliphatic rings. The number of carbonyl (C=O) groups excluding carboxylic acids is 1. The predicted molar refractivity (Wildman–Crippen MR) is 70.6 cm³/mol. The first-order chi connectivity index (χ1) is 8.19. The molecular formula is C13H20N2O3. The fraction of sp³-hybridized carbons (Fsp3) is 0.462. The van der Waals surface area contributed by atoms with Crippen LogP contribution in [0.5, 0.6) is 5.75 Å². The Hall–Kier alpha value is -1.75. The number of carbonyl (C=O) groups is 1. The molecule has 5 heteroatoms. The number of aromatic hydroxyl groups is 1. The summed E-state index contributed by atoms with van der Waals surface area (Å²) >= 11 is 0. The average molecular weight is 252 g/mol. The Balaban J connectivity index is 2.80. The molecule has 0 aliphatic carbocycles. The van der Waals surface area contributed by atoms with Crippen LogP contribution in [0.2, 0.25) is 0 Å². The SMILES string of the molecule is CC(N)c1cc(NC(=O)OC(C)(C)C)ccc1O. The maximum atomic E-state index is 11.6. The molecule has 0 heterocycles. The van der Waals surface area contributed by atoms with Gasteiger partial charge in [0.15, 0.2) is 0 Å². The number of hydrogen-bond acceptors (Lipinski definition) is 4. The number of benzene rings is 1. The van der Waals surface area contributed by atoms with Crippen molar-refractivity contribution in [3.63, 3.8) is 0 Å². The van der Waals surface area contributed by atoms with Crippen molar-refractivity contribution in [2.75, 3.05) is 5.32 Å². The summed E-state index contributed by atoms with van der Waals surface area (Å²) in [5.41, 5.74) is 6.27. The van der Waals surface area contributed by atoms with Gasteiger partial charge in [-0.15, -0.1) is 0 Å². The van der Waals surface area contributed by atoms with Gasteiger partial charge in [-0.2, -0.15) is 0 Å². The van der Waals surface area contributed by atoms with E-state index in [9.17, 15) is 9.90 Å². The highest BCUT2D eigenvalue weighted by Crippen LogP contribution is 2.26. The highest BCUT2D eigenvalue weighted by atomic mass is 16.6. The third-order valence-corrected chi connectivity index (χ3v) is 2.16. The lowest BCUT2D eigenvalue weighted by molar-refractivity contribution is 0.0636. The molecule has 0 radical (unpaired) electrons. The van der Waals surface area contributed by atoms with Crippen LogP contribution >= 0.6 is 0 Å². The van der Waals surface area contributed by atoms with Gasteiger partial charge in [-0.05, 0) is 45.9 Å².